The molecule has 2 aliphatic carbocycles. The summed E-state index contributed by atoms with van der Waals surface area (Å²) in [6.45, 7) is 4.56. The van der Waals surface area contributed by atoms with Gasteiger partial charge >= 0.3 is 17.9 Å². The van der Waals surface area contributed by atoms with Gasteiger partial charge in [0.05, 0.1) is 0 Å². The third-order valence-corrected chi connectivity index (χ3v) is 7.05. The van der Waals surface area contributed by atoms with Crippen molar-refractivity contribution >= 4 is 23.8 Å². The largest absolute Gasteiger partial charge is 0.478 e. The van der Waals surface area contributed by atoms with Crippen molar-refractivity contribution in [2.24, 2.45) is 11.3 Å². The van der Waals surface area contributed by atoms with Crippen LogP contribution in [0.4, 0.5) is 0 Å². The van der Waals surface area contributed by atoms with Gasteiger partial charge in [0.1, 0.15) is 16.6 Å². The van der Waals surface area contributed by atoms with E-state index in [9.17, 15) is 19.2 Å². The topological polar surface area (TPSA) is 119 Å². The Balaban J connectivity index is 2.07. The van der Waals surface area contributed by atoms with Crippen LogP contribution >= 0.6 is 0 Å². The number of likely N-dealkylation sites (N-methyl/N-ethyl adjacent to an activating group) is 1. The number of cyclic esters (lactones) is 1. The maximum absolute atomic E-state index is 13.4. The highest BCUT2D eigenvalue weighted by atomic mass is 16.6. The zero-order valence-corrected chi connectivity index (χ0v) is 18.3. The Morgan fingerprint density at radius 3 is 2.61 bits per heavy atom. The number of nitrogens with one attached hydrogen (secondary N) is 1. The minimum Gasteiger partial charge on any atom is -0.478 e. The Morgan fingerprint density at radius 2 is 2.00 bits per heavy atom. The van der Waals surface area contributed by atoms with Gasteiger partial charge in [-0.05, 0) is 52.0 Å². The van der Waals surface area contributed by atoms with E-state index in [0.29, 0.717) is 31.3 Å². The van der Waals surface area contributed by atoms with E-state index in [1.807, 2.05) is 0 Å². The number of carbonyl (C=O) groups is 4. The molecule has 1 saturated heterocycles. The first-order valence-electron chi connectivity index (χ1n) is 10.4. The van der Waals surface area contributed by atoms with Gasteiger partial charge in [-0.15, -0.1) is 0 Å². The lowest BCUT2D eigenvalue weighted by Crippen LogP contribution is -2.65. The van der Waals surface area contributed by atoms with E-state index in [-0.39, 0.29) is 23.8 Å². The van der Waals surface area contributed by atoms with E-state index in [1.165, 1.54) is 19.9 Å². The van der Waals surface area contributed by atoms with Crippen molar-refractivity contribution in [3.63, 3.8) is 0 Å². The second-order valence-corrected chi connectivity index (χ2v) is 8.76. The number of esters is 2. The average molecular weight is 431 g/mol. The van der Waals surface area contributed by atoms with Crippen LogP contribution in [0.15, 0.2) is 35.5 Å². The predicted octanol–water partition coefficient (Wildman–Crippen LogP) is 2.44. The average Bonchev–Trinajstić information content (AvgIpc) is 2.84. The number of hydrogen-bond donors (Lipinski definition) is 2. The van der Waals surface area contributed by atoms with Crippen LogP contribution in [0.5, 0.6) is 0 Å². The molecule has 2 N–H and O–H groups in total. The summed E-state index contributed by atoms with van der Waals surface area (Å²) < 4.78 is 11.9. The summed E-state index contributed by atoms with van der Waals surface area (Å²) in [5.41, 5.74) is -2.52. The molecule has 2 bridgehead atoms. The number of ether oxygens (including phenoxy) is 2. The van der Waals surface area contributed by atoms with Crippen LogP contribution in [0, 0.1) is 11.3 Å². The molecule has 2 fully saturated rings. The van der Waals surface area contributed by atoms with Crippen LogP contribution in [-0.2, 0) is 28.7 Å². The second-order valence-electron chi connectivity index (χ2n) is 8.76. The molecule has 0 aromatic heterocycles. The van der Waals surface area contributed by atoms with Gasteiger partial charge in [0.15, 0.2) is 0 Å². The van der Waals surface area contributed by atoms with Crippen LogP contribution in [-0.4, -0.2) is 47.2 Å². The van der Waals surface area contributed by atoms with Gasteiger partial charge in [0.2, 0.25) is 5.91 Å². The van der Waals surface area contributed by atoms with Crippen LogP contribution in [0.25, 0.3) is 0 Å². The number of rotatable bonds is 5. The van der Waals surface area contributed by atoms with E-state index < -0.39 is 34.5 Å². The summed E-state index contributed by atoms with van der Waals surface area (Å²) in [4.78, 5) is 48.9. The van der Waals surface area contributed by atoms with Gasteiger partial charge in [-0.2, -0.15) is 0 Å². The maximum atomic E-state index is 13.4. The summed E-state index contributed by atoms with van der Waals surface area (Å²) in [6.07, 6.45) is 8.49. The van der Waals surface area contributed by atoms with Crippen molar-refractivity contribution in [2.45, 2.75) is 64.1 Å². The summed E-state index contributed by atoms with van der Waals surface area (Å²) in [7, 11) is 1.55. The molecule has 0 aromatic rings. The maximum Gasteiger partial charge on any atom is 0.331 e. The molecule has 4 atom stereocenters. The molecule has 8 heteroatoms. The number of allylic oxidation sites excluding steroid dienone is 3. The quantitative estimate of drug-likeness (QED) is 0.390. The monoisotopic (exact) mass is 431 g/mol. The zero-order valence-electron chi connectivity index (χ0n) is 18.3. The first-order valence-corrected chi connectivity index (χ1v) is 10.4. The SMILES string of the molecule is CNC(=O)C1=CC[C@]23CC[C@H](C(C)(C=CC=C(C)C(=O)O)OC2=O)[C@]3(OC(C)=O)CC1. The highest BCUT2D eigenvalue weighted by Crippen LogP contribution is 2.65. The van der Waals surface area contributed by atoms with E-state index in [4.69, 9.17) is 14.6 Å². The molecular formula is C23H29NO7. The fourth-order valence-corrected chi connectivity index (χ4v) is 5.50. The molecular weight excluding hydrogens is 402 g/mol. The molecule has 0 radical (unpaired) electrons. The third kappa shape index (κ3) is 3.58. The molecule has 1 heterocycles. The fraction of sp³-hybridized carbons (Fsp3) is 0.565. The van der Waals surface area contributed by atoms with Crippen molar-refractivity contribution < 1.29 is 33.8 Å². The molecule has 1 aliphatic heterocycles. The molecule has 0 spiro atoms. The van der Waals surface area contributed by atoms with Crippen molar-refractivity contribution in [1.82, 2.24) is 5.32 Å². The van der Waals surface area contributed by atoms with Crippen molar-refractivity contribution in [3.8, 4) is 0 Å². The standard InChI is InChI=1S/C23H29NO7/c1-14(19(27)28)6-5-10-21(3)17-9-12-22(20(29)31-21)11-7-16(18(26)24-4)8-13-23(17,22)30-15(2)25/h5-7,10,17H,8-9,11-13H2,1-4H3,(H,24,26)(H,27,28)/t17-,21?,22+,23-/m1/s1. The number of amides is 1. The number of carboxylic acid groups (broad SMARTS) is 1. The highest BCUT2D eigenvalue weighted by Gasteiger charge is 2.74. The molecule has 3 aliphatic rings. The Hall–Kier alpha value is -2.90. The second kappa shape index (κ2) is 7.98. The summed E-state index contributed by atoms with van der Waals surface area (Å²) in [5.74, 6) is -2.52. The fourth-order valence-electron chi connectivity index (χ4n) is 5.50. The predicted molar refractivity (Wildman–Crippen MR) is 111 cm³/mol. The van der Waals surface area contributed by atoms with E-state index in [2.05, 4.69) is 5.32 Å². The number of carbonyl (C=O) groups excluding carboxylic acids is 3. The van der Waals surface area contributed by atoms with Crippen molar-refractivity contribution in [2.75, 3.05) is 7.05 Å². The molecule has 3 rings (SSSR count). The number of aliphatic carboxylic acids is 1. The van der Waals surface area contributed by atoms with Gasteiger partial charge in [0.25, 0.3) is 0 Å². The van der Waals surface area contributed by atoms with Gasteiger partial charge in [-0.3, -0.25) is 14.4 Å². The van der Waals surface area contributed by atoms with Crippen molar-refractivity contribution in [3.05, 3.63) is 35.5 Å². The Morgan fingerprint density at radius 1 is 1.29 bits per heavy atom. The summed E-state index contributed by atoms with van der Waals surface area (Å²) in [6, 6.07) is 0. The normalized spacial score (nSPS) is 35.0. The lowest BCUT2D eigenvalue weighted by atomic mass is 9.62. The van der Waals surface area contributed by atoms with E-state index >= 15 is 0 Å². The summed E-state index contributed by atoms with van der Waals surface area (Å²) >= 11 is 0. The van der Waals surface area contributed by atoms with Crippen LogP contribution in [0.3, 0.4) is 0 Å². The Kier molecular flexibility index (Phi) is 5.86. The molecule has 31 heavy (non-hydrogen) atoms. The molecule has 0 aromatic carbocycles. The van der Waals surface area contributed by atoms with Gasteiger partial charge < -0.3 is 19.9 Å². The first-order chi connectivity index (χ1) is 14.5. The van der Waals surface area contributed by atoms with Crippen molar-refractivity contribution in [1.29, 1.82) is 0 Å². The number of carboxylic acids is 1. The Labute approximate surface area is 181 Å². The molecule has 1 saturated carbocycles. The Bertz CT molecular complexity index is 917. The smallest absolute Gasteiger partial charge is 0.331 e. The minimum atomic E-state index is -1.11. The molecule has 8 nitrogen and oxygen atoms in total. The lowest BCUT2D eigenvalue weighted by Gasteiger charge is -2.54. The van der Waals surface area contributed by atoms with E-state index in [1.54, 1.807) is 32.2 Å². The van der Waals surface area contributed by atoms with Crippen LogP contribution < -0.4 is 5.32 Å². The van der Waals surface area contributed by atoms with Gasteiger partial charge in [-0.25, -0.2) is 4.79 Å². The number of hydrogen-bond acceptors (Lipinski definition) is 6. The first kappa shape index (κ1) is 22.8. The highest BCUT2D eigenvalue weighted by molar-refractivity contribution is 5.93. The lowest BCUT2D eigenvalue weighted by molar-refractivity contribution is -0.235. The molecule has 1 amide bonds. The summed E-state index contributed by atoms with van der Waals surface area (Å²) in [5, 5.41) is 11.7. The van der Waals surface area contributed by atoms with Gasteiger partial charge in [0, 0.05) is 31.0 Å². The zero-order chi connectivity index (χ0) is 23.0. The third-order valence-electron chi connectivity index (χ3n) is 7.05. The van der Waals surface area contributed by atoms with Crippen LogP contribution in [0.2, 0.25) is 0 Å². The minimum absolute atomic E-state index is 0.145. The molecule has 168 valence electrons. The van der Waals surface area contributed by atoms with E-state index in [0.717, 1.165) is 0 Å². The van der Waals surface area contributed by atoms with Crippen LogP contribution in [0.1, 0.15) is 52.9 Å². The molecule has 1 unspecified atom stereocenters. The van der Waals surface area contributed by atoms with Gasteiger partial charge in [-0.1, -0.05) is 18.2 Å².